The van der Waals surface area contributed by atoms with Gasteiger partial charge in [0.05, 0.1) is 17.5 Å². The van der Waals surface area contributed by atoms with Crippen LogP contribution >= 0.6 is 11.8 Å². The Hall–Kier alpha value is -2.00. The standard InChI is InChI=1S/C20H23N3O2S/c21-10-13-2-5-17(6-3-13)22-20(25)18-11-26-12-23(18)19(24)9-16-8-14-1-4-15(16)7-14/h2-3,5-6,14-16,18H,1,4,7-9,11-12H2,(H,22,25). The minimum absolute atomic E-state index is 0.132. The number of anilines is 1. The van der Waals surface area contributed by atoms with E-state index in [1.807, 2.05) is 0 Å². The van der Waals surface area contributed by atoms with Crippen molar-refractivity contribution < 1.29 is 9.59 Å². The molecule has 1 aromatic rings. The SMILES string of the molecule is N#Cc1ccc(NC(=O)C2CSCN2C(=O)CC2CC3CCC2C3)cc1. The van der Waals surface area contributed by atoms with E-state index in [0.29, 0.717) is 35.2 Å². The fraction of sp³-hybridized carbons (Fsp3) is 0.550. The number of benzene rings is 1. The highest BCUT2D eigenvalue weighted by molar-refractivity contribution is 7.99. The van der Waals surface area contributed by atoms with Crippen LogP contribution in [0.1, 0.15) is 37.7 Å². The number of nitrogens with one attached hydrogen (secondary N) is 1. The molecule has 3 aliphatic rings. The molecular formula is C20H23N3O2S. The minimum atomic E-state index is -0.401. The topological polar surface area (TPSA) is 73.2 Å². The lowest BCUT2D eigenvalue weighted by molar-refractivity contribution is -0.137. The molecule has 0 spiro atoms. The number of hydrogen-bond acceptors (Lipinski definition) is 4. The van der Waals surface area contributed by atoms with Crippen LogP contribution in [0, 0.1) is 29.1 Å². The maximum atomic E-state index is 12.8. The third kappa shape index (κ3) is 3.45. The van der Waals surface area contributed by atoms with E-state index in [0.717, 1.165) is 11.8 Å². The average molecular weight is 369 g/mol. The molecule has 2 amide bonds. The number of amides is 2. The molecule has 0 radical (unpaired) electrons. The Bertz CT molecular complexity index is 742. The van der Waals surface area contributed by atoms with Gasteiger partial charge in [0.25, 0.3) is 0 Å². The van der Waals surface area contributed by atoms with Gasteiger partial charge in [-0.25, -0.2) is 0 Å². The molecule has 1 aromatic carbocycles. The van der Waals surface area contributed by atoms with Crippen LogP contribution in [0.5, 0.6) is 0 Å². The molecule has 4 atom stereocenters. The molecule has 4 rings (SSSR count). The highest BCUT2D eigenvalue weighted by atomic mass is 32.2. The molecule has 1 N–H and O–H groups in total. The Balaban J connectivity index is 1.36. The molecule has 2 aliphatic carbocycles. The zero-order valence-electron chi connectivity index (χ0n) is 14.7. The molecule has 1 saturated heterocycles. The summed E-state index contributed by atoms with van der Waals surface area (Å²) in [5.74, 6) is 3.32. The van der Waals surface area contributed by atoms with Crippen LogP contribution in [-0.2, 0) is 9.59 Å². The van der Waals surface area contributed by atoms with Gasteiger partial charge in [-0.3, -0.25) is 9.59 Å². The summed E-state index contributed by atoms with van der Waals surface area (Å²) >= 11 is 1.64. The largest absolute Gasteiger partial charge is 0.324 e. The number of hydrogen-bond donors (Lipinski definition) is 1. The summed E-state index contributed by atoms with van der Waals surface area (Å²) in [6, 6.07) is 8.46. The van der Waals surface area contributed by atoms with Crippen LogP contribution in [0.15, 0.2) is 24.3 Å². The summed E-state index contributed by atoms with van der Waals surface area (Å²) in [6.45, 7) is 0. The maximum Gasteiger partial charge on any atom is 0.248 e. The van der Waals surface area contributed by atoms with E-state index < -0.39 is 6.04 Å². The van der Waals surface area contributed by atoms with Gasteiger partial charge in [0.2, 0.25) is 11.8 Å². The minimum Gasteiger partial charge on any atom is -0.324 e. The maximum absolute atomic E-state index is 12.8. The summed E-state index contributed by atoms with van der Waals surface area (Å²) in [5.41, 5.74) is 1.22. The third-order valence-electron chi connectivity index (χ3n) is 6.11. The number of carbonyl (C=O) groups excluding carboxylic acids is 2. The molecule has 1 aliphatic heterocycles. The molecule has 4 unspecified atom stereocenters. The van der Waals surface area contributed by atoms with Gasteiger partial charge < -0.3 is 10.2 Å². The third-order valence-corrected chi connectivity index (χ3v) is 7.12. The van der Waals surface area contributed by atoms with Crippen molar-refractivity contribution in [2.24, 2.45) is 17.8 Å². The smallest absolute Gasteiger partial charge is 0.248 e. The van der Waals surface area contributed by atoms with Crippen molar-refractivity contribution in [2.75, 3.05) is 16.9 Å². The van der Waals surface area contributed by atoms with Gasteiger partial charge in [-0.15, -0.1) is 11.8 Å². The van der Waals surface area contributed by atoms with Gasteiger partial charge in [-0.1, -0.05) is 6.42 Å². The fourth-order valence-corrected chi connectivity index (χ4v) is 5.91. The number of nitriles is 1. The molecule has 136 valence electrons. The zero-order valence-corrected chi connectivity index (χ0v) is 15.5. The van der Waals surface area contributed by atoms with Crippen molar-refractivity contribution in [1.29, 1.82) is 5.26 Å². The van der Waals surface area contributed by atoms with Crippen molar-refractivity contribution in [3.8, 4) is 6.07 Å². The molecular weight excluding hydrogens is 346 g/mol. The monoisotopic (exact) mass is 369 g/mol. The van der Waals surface area contributed by atoms with Crippen molar-refractivity contribution in [3.63, 3.8) is 0 Å². The van der Waals surface area contributed by atoms with Crippen LogP contribution in [0.2, 0.25) is 0 Å². The predicted molar refractivity (Wildman–Crippen MR) is 101 cm³/mol. The van der Waals surface area contributed by atoms with Crippen LogP contribution < -0.4 is 5.32 Å². The Labute approximate surface area is 158 Å². The molecule has 5 nitrogen and oxygen atoms in total. The number of fused-ring (bicyclic) bond motifs is 2. The molecule has 6 heteroatoms. The number of rotatable bonds is 4. The Morgan fingerprint density at radius 2 is 2.04 bits per heavy atom. The lowest BCUT2D eigenvalue weighted by atomic mass is 9.86. The molecule has 26 heavy (non-hydrogen) atoms. The summed E-state index contributed by atoms with van der Waals surface area (Å²) in [5, 5.41) is 11.7. The van der Waals surface area contributed by atoms with Gasteiger partial charge >= 0.3 is 0 Å². The highest BCUT2D eigenvalue weighted by Gasteiger charge is 2.42. The zero-order chi connectivity index (χ0) is 18.1. The number of thioether (sulfide) groups is 1. The van der Waals surface area contributed by atoms with Gasteiger partial charge in [0.15, 0.2) is 0 Å². The van der Waals surface area contributed by atoms with Crippen molar-refractivity contribution >= 4 is 29.3 Å². The first-order valence-corrected chi connectivity index (χ1v) is 10.5. The lowest BCUT2D eigenvalue weighted by Gasteiger charge is -2.27. The highest BCUT2D eigenvalue weighted by Crippen LogP contribution is 2.49. The van der Waals surface area contributed by atoms with E-state index in [1.54, 1.807) is 40.9 Å². The van der Waals surface area contributed by atoms with Crippen LogP contribution in [0.4, 0.5) is 5.69 Å². The van der Waals surface area contributed by atoms with Crippen molar-refractivity contribution in [2.45, 2.75) is 38.1 Å². The first kappa shape index (κ1) is 17.4. The average Bonchev–Trinajstić information content (AvgIpc) is 3.38. The van der Waals surface area contributed by atoms with E-state index in [1.165, 1.54) is 25.7 Å². The van der Waals surface area contributed by atoms with Gasteiger partial charge in [-0.05, 0) is 61.3 Å². The molecule has 1 heterocycles. The quantitative estimate of drug-likeness (QED) is 0.884. The summed E-state index contributed by atoms with van der Waals surface area (Å²) in [4.78, 5) is 27.3. The Morgan fingerprint density at radius 1 is 1.23 bits per heavy atom. The van der Waals surface area contributed by atoms with Crippen molar-refractivity contribution in [3.05, 3.63) is 29.8 Å². The van der Waals surface area contributed by atoms with Gasteiger partial charge in [0.1, 0.15) is 6.04 Å². The second-order valence-electron chi connectivity index (χ2n) is 7.70. The predicted octanol–water partition coefficient (Wildman–Crippen LogP) is 3.22. The van der Waals surface area contributed by atoms with E-state index in [9.17, 15) is 9.59 Å². The first-order valence-electron chi connectivity index (χ1n) is 9.32. The van der Waals surface area contributed by atoms with E-state index in [2.05, 4.69) is 11.4 Å². The molecule has 2 bridgehead atoms. The number of carbonyl (C=O) groups is 2. The molecule has 3 fully saturated rings. The van der Waals surface area contributed by atoms with E-state index in [-0.39, 0.29) is 11.8 Å². The lowest BCUT2D eigenvalue weighted by Crippen LogP contribution is -2.45. The van der Waals surface area contributed by atoms with Crippen LogP contribution in [-0.4, -0.2) is 34.4 Å². The van der Waals surface area contributed by atoms with Crippen molar-refractivity contribution in [1.82, 2.24) is 4.90 Å². The van der Waals surface area contributed by atoms with Gasteiger partial charge in [0, 0.05) is 17.9 Å². The second-order valence-corrected chi connectivity index (χ2v) is 8.70. The normalized spacial score (nSPS) is 29.6. The Morgan fingerprint density at radius 3 is 2.69 bits per heavy atom. The summed E-state index contributed by atoms with van der Waals surface area (Å²) in [6.07, 6.45) is 5.71. The number of nitrogens with zero attached hydrogens (tertiary/aromatic N) is 2. The fourth-order valence-electron chi connectivity index (χ4n) is 4.73. The van der Waals surface area contributed by atoms with E-state index >= 15 is 0 Å². The molecule has 2 saturated carbocycles. The molecule has 0 aromatic heterocycles. The first-order chi connectivity index (χ1) is 12.6. The summed E-state index contributed by atoms with van der Waals surface area (Å²) in [7, 11) is 0. The summed E-state index contributed by atoms with van der Waals surface area (Å²) < 4.78 is 0. The van der Waals surface area contributed by atoms with Crippen LogP contribution in [0.25, 0.3) is 0 Å². The second kappa shape index (κ2) is 7.32. The van der Waals surface area contributed by atoms with E-state index in [4.69, 9.17) is 5.26 Å². The van der Waals surface area contributed by atoms with Gasteiger partial charge in [-0.2, -0.15) is 5.26 Å². The Kier molecular flexibility index (Phi) is 4.90. The van der Waals surface area contributed by atoms with Crippen LogP contribution in [0.3, 0.4) is 0 Å².